The van der Waals surface area contributed by atoms with Gasteiger partial charge in [-0.25, -0.2) is 0 Å². The molecule has 8 heteroatoms. The van der Waals surface area contributed by atoms with E-state index in [0.717, 1.165) is 30.1 Å². The molecule has 0 aromatic heterocycles. The molecule has 1 N–H and O–H groups in total. The molecular weight excluding hydrogens is 303 g/mol. The Labute approximate surface area is 124 Å². The number of rotatable bonds is 5. The highest BCUT2D eigenvalue weighted by Gasteiger charge is 2.39. The molecule has 0 spiro atoms. The van der Waals surface area contributed by atoms with E-state index in [-0.39, 0.29) is 5.70 Å². The predicted octanol–water partition coefficient (Wildman–Crippen LogP) is 2.39. The first-order chi connectivity index (χ1) is 10.1. The van der Waals surface area contributed by atoms with Crippen molar-refractivity contribution in [3.8, 4) is 0 Å². The molecule has 0 saturated heterocycles. The minimum atomic E-state index is -4.90. The standard InChI is InChI=1S/C14H14F3NO4/c1-3-11(19)18(9-12(20)21)10-6-4-5-7-13(2,8-10)22-14(15,16)17/h3-8H,1,9H2,2H3,(H,20,21). The summed E-state index contributed by atoms with van der Waals surface area (Å²) in [5.41, 5.74) is -1.92. The summed E-state index contributed by atoms with van der Waals surface area (Å²) in [4.78, 5) is 23.4. The molecule has 0 saturated carbocycles. The summed E-state index contributed by atoms with van der Waals surface area (Å²) in [5.74, 6) is -2.07. The molecular formula is C14H14F3NO4. The third-order valence-corrected chi connectivity index (χ3v) is 2.62. The van der Waals surface area contributed by atoms with E-state index in [1.54, 1.807) is 0 Å². The average molecular weight is 317 g/mol. The van der Waals surface area contributed by atoms with E-state index in [9.17, 15) is 22.8 Å². The topological polar surface area (TPSA) is 66.8 Å². The second-order valence-electron chi connectivity index (χ2n) is 4.54. The molecule has 1 rings (SSSR count). The van der Waals surface area contributed by atoms with Crippen LogP contribution < -0.4 is 0 Å². The fourth-order valence-corrected chi connectivity index (χ4v) is 1.81. The molecule has 1 atom stereocenters. The van der Waals surface area contributed by atoms with Crippen molar-refractivity contribution in [1.82, 2.24) is 4.90 Å². The minimum Gasteiger partial charge on any atom is -0.480 e. The lowest BCUT2D eigenvalue weighted by atomic mass is 10.1. The van der Waals surface area contributed by atoms with Gasteiger partial charge in [0.2, 0.25) is 0 Å². The maximum atomic E-state index is 12.5. The molecule has 0 aromatic rings. The van der Waals surface area contributed by atoms with Gasteiger partial charge in [-0.05, 0) is 31.2 Å². The van der Waals surface area contributed by atoms with Crippen LogP contribution in [-0.4, -0.2) is 40.4 Å². The zero-order chi connectivity index (χ0) is 17.0. The SMILES string of the molecule is C=CC(=O)N(CC(=O)O)C1=CC(C)(OC(F)(F)F)C=CC=C1. The summed E-state index contributed by atoms with van der Waals surface area (Å²) in [7, 11) is 0. The largest absolute Gasteiger partial charge is 0.523 e. The molecule has 1 unspecified atom stereocenters. The molecule has 5 nitrogen and oxygen atoms in total. The van der Waals surface area contributed by atoms with Crippen LogP contribution in [0, 0.1) is 0 Å². The van der Waals surface area contributed by atoms with Crippen molar-refractivity contribution in [2.24, 2.45) is 0 Å². The van der Waals surface area contributed by atoms with E-state index in [2.05, 4.69) is 11.3 Å². The molecule has 0 fully saturated rings. The van der Waals surface area contributed by atoms with E-state index in [4.69, 9.17) is 5.11 Å². The Kier molecular flexibility index (Phi) is 5.32. The number of aliphatic carboxylic acids is 1. The van der Waals surface area contributed by atoms with E-state index >= 15 is 0 Å². The quantitative estimate of drug-likeness (QED) is 0.791. The highest BCUT2D eigenvalue weighted by atomic mass is 19.4. The van der Waals surface area contributed by atoms with Gasteiger partial charge in [0.15, 0.2) is 0 Å². The number of hydrogen-bond donors (Lipinski definition) is 1. The smallest absolute Gasteiger partial charge is 0.480 e. The van der Waals surface area contributed by atoms with Crippen LogP contribution in [0.25, 0.3) is 0 Å². The van der Waals surface area contributed by atoms with Gasteiger partial charge >= 0.3 is 12.3 Å². The Morgan fingerprint density at radius 1 is 1.45 bits per heavy atom. The summed E-state index contributed by atoms with van der Waals surface area (Å²) < 4.78 is 41.5. The second-order valence-corrected chi connectivity index (χ2v) is 4.54. The summed E-state index contributed by atoms with van der Waals surface area (Å²) in [6.45, 7) is 3.66. The van der Waals surface area contributed by atoms with Gasteiger partial charge in [-0.15, -0.1) is 13.2 Å². The number of nitrogens with zero attached hydrogens (tertiary/aromatic N) is 1. The highest BCUT2D eigenvalue weighted by Crippen LogP contribution is 2.30. The number of allylic oxidation sites excluding steroid dienone is 3. The van der Waals surface area contributed by atoms with Gasteiger partial charge in [0, 0.05) is 5.70 Å². The van der Waals surface area contributed by atoms with Gasteiger partial charge in [0.05, 0.1) is 0 Å². The Bertz CT molecular complexity index is 563. The molecule has 0 aliphatic heterocycles. The van der Waals surface area contributed by atoms with E-state index in [1.807, 2.05) is 0 Å². The first-order valence-corrected chi connectivity index (χ1v) is 6.08. The van der Waals surface area contributed by atoms with E-state index in [1.165, 1.54) is 18.2 Å². The zero-order valence-electron chi connectivity index (χ0n) is 11.6. The number of halogens is 3. The van der Waals surface area contributed by atoms with Gasteiger partial charge in [-0.2, -0.15) is 0 Å². The number of alkyl halides is 3. The monoisotopic (exact) mass is 317 g/mol. The van der Waals surface area contributed by atoms with Gasteiger partial charge in [-0.3, -0.25) is 19.2 Å². The molecule has 1 amide bonds. The molecule has 22 heavy (non-hydrogen) atoms. The van der Waals surface area contributed by atoms with Gasteiger partial charge < -0.3 is 5.11 Å². The fraction of sp³-hybridized carbons (Fsp3) is 0.286. The Balaban J connectivity index is 3.22. The Morgan fingerprint density at radius 3 is 2.59 bits per heavy atom. The highest BCUT2D eigenvalue weighted by molar-refractivity contribution is 5.91. The zero-order valence-corrected chi connectivity index (χ0v) is 11.6. The number of carboxylic acids is 1. The minimum absolute atomic E-state index is 0.0379. The third kappa shape index (κ3) is 5.21. The lowest BCUT2D eigenvalue weighted by Crippen LogP contribution is -2.36. The van der Waals surface area contributed by atoms with Gasteiger partial charge in [0.1, 0.15) is 12.1 Å². The van der Waals surface area contributed by atoms with Crippen LogP contribution in [-0.2, 0) is 14.3 Å². The molecule has 0 radical (unpaired) electrons. The first-order valence-electron chi connectivity index (χ1n) is 6.08. The van der Waals surface area contributed by atoms with Crippen LogP contribution in [0.1, 0.15) is 6.92 Å². The number of amides is 1. The molecule has 120 valence electrons. The number of hydrogen-bond acceptors (Lipinski definition) is 3. The average Bonchev–Trinajstić information content (AvgIpc) is 2.54. The van der Waals surface area contributed by atoms with E-state index in [0.29, 0.717) is 0 Å². The number of carboxylic acid groups (broad SMARTS) is 1. The van der Waals surface area contributed by atoms with Crippen molar-refractivity contribution in [3.05, 3.63) is 48.7 Å². The molecule has 0 bridgehead atoms. The number of carbonyl (C=O) groups excluding carboxylic acids is 1. The molecule has 0 heterocycles. The normalized spacial score (nSPS) is 21.0. The van der Waals surface area contributed by atoms with Crippen molar-refractivity contribution in [1.29, 1.82) is 0 Å². The van der Waals surface area contributed by atoms with Gasteiger partial charge in [0.25, 0.3) is 5.91 Å². The fourth-order valence-electron chi connectivity index (χ4n) is 1.81. The molecule has 1 aliphatic carbocycles. The Hall–Kier alpha value is -2.35. The van der Waals surface area contributed by atoms with Crippen LogP contribution in [0.3, 0.4) is 0 Å². The van der Waals surface area contributed by atoms with Crippen molar-refractivity contribution in [2.45, 2.75) is 18.9 Å². The van der Waals surface area contributed by atoms with Crippen LogP contribution in [0.5, 0.6) is 0 Å². The van der Waals surface area contributed by atoms with Crippen molar-refractivity contribution in [2.75, 3.05) is 6.54 Å². The van der Waals surface area contributed by atoms with Crippen LogP contribution in [0.15, 0.2) is 48.7 Å². The van der Waals surface area contributed by atoms with Gasteiger partial charge in [-0.1, -0.05) is 18.7 Å². The van der Waals surface area contributed by atoms with Crippen LogP contribution >= 0.6 is 0 Å². The maximum absolute atomic E-state index is 12.5. The van der Waals surface area contributed by atoms with Crippen molar-refractivity contribution in [3.63, 3.8) is 0 Å². The summed E-state index contributed by atoms with van der Waals surface area (Å²) in [6.07, 6.45) is 2.13. The van der Waals surface area contributed by atoms with Crippen LogP contribution in [0.2, 0.25) is 0 Å². The molecule has 0 aromatic carbocycles. The lowest BCUT2D eigenvalue weighted by molar-refractivity contribution is -0.347. The summed E-state index contributed by atoms with van der Waals surface area (Å²) in [5, 5.41) is 8.84. The predicted molar refractivity (Wildman–Crippen MR) is 71.5 cm³/mol. The first kappa shape index (κ1) is 17.7. The number of ether oxygens (including phenoxy) is 1. The van der Waals surface area contributed by atoms with Crippen molar-refractivity contribution < 1.29 is 32.6 Å². The Morgan fingerprint density at radius 2 is 2.09 bits per heavy atom. The maximum Gasteiger partial charge on any atom is 0.523 e. The molecule has 1 aliphatic rings. The second kappa shape index (κ2) is 6.61. The van der Waals surface area contributed by atoms with Crippen molar-refractivity contribution >= 4 is 11.9 Å². The lowest BCUT2D eigenvalue weighted by Gasteiger charge is -2.27. The summed E-state index contributed by atoms with van der Waals surface area (Å²) >= 11 is 0. The summed E-state index contributed by atoms with van der Waals surface area (Å²) in [6, 6.07) is 0. The third-order valence-electron chi connectivity index (χ3n) is 2.62. The van der Waals surface area contributed by atoms with Crippen LogP contribution in [0.4, 0.5) is 13.2 Å². The van der Waals surface area contributed by atoms with E-state index < -0.39 is 30.4 Å². The number of carbonyl (C=O) groups is 2.